The Morgan fingerprint density at radius 3 is 2.71 bits per heavy atom. The van der Waals surface area contributed by atoms with E-state index in [9.17, 15) is 0 Å². The van der Waals surface area contributed by atoms with Crippen LogP contribution in [0.2, 0.25) is 0 Å². The average molecular weight is 273 g/mol. The van der Waals surface area contributed by atoms with Crippen molar-refractivity contribution in [3.63, 3.8) is 0 Å². The topological polar surface area (TPSA) is 26.0 Å². The van der Waals surface area contributed by atoms with Crippen LogP contribution in [0, 0.1) is 0 Å². The molecule has 21 heavy (non-hydrogen) atoms. The van der Waals surface area contributed by atoms with E-state index in [0.717, 1.165) is 23.1 Å². The summed E-state index contributed by atoms with van der Waals surface area (Å²) in [4.78, 5) is 4.68. The second-order valence-electron chi connectivity index (χ2n) is 5.20. The Hall–Kier alpha value is -2.61. The number of oxazole rings is 1. The van der Waals surface area contributed by atoms with Crippen LogP contribution in [0.4, 0.5) is 0 Å². The van der Waals surface area contributed by atoms with E-state index in [2.05, 4.69) is 48.3 Å². The zero-order chi connectivity index (χ0) is 14.2. The second-order valence-corrected chi connectivity index (χ2v) is 5.20. The molecule has 0 saturated heterocycles. The van der Waals surface area contributed by atoms with Gasteiger partial charge in [-0.3, -0.25) is 0 Å². The van der Waals surface area contributed by atoms with E-state index in [1.54, 1.807) is 0 Å². The highest BCUT2D eigenvalue weighted by atomic mass is 16.3. The number of aromatic nitrogens is 1. The molecule has 2 heteroatoms. The number of nitrogens with zero attached hydrogens (tertiary/aromatic N) is 1. The second kappa shape index (κ2) is 4.74. The smallest absolute Gasteiger partial charge is 0.227 e. The highest BCUT2D eigenvalue weighted by Crippen LogP contribution is 2.30. The van der Waals surface area contributed by atoms with Gasteiger partial charge in [0, 0.05) is 5.56 Å². The summed E-state index contributed by atoms with van der Waals surface area (Å²) in [5, 5.41) is 2.37. The Balaban J connectivity index is 1.96. The Labute approximate surface area is 123 Å². The van der Waals surface area contributed by atoms with E-state index >= 15 is 0 Å². The van der Waals surface area contributed by atoms with Crippen molar-refractivity contribution in [2.24, 2.45) is 0 Å². The van der Waals surface area contributed by atoms with Gasteiger partial charge in [0.1, 0.15) is 5.52 Å². The van der Waals surface area contributed by atoms with Crippen LogP contribution in [0.5, 0.6) is 0 Å². The average Bonchev–Trinajstić information content (AvgIpc) is 2.97. The Kier molecular flexibility index (Phi) is 2.74. The van der Waals surface area contributed by atoms with Crippen LogP contribution < -0.4 is 0 Å². The van der Waals surface area contributed by atoms with Crippen molar-refractivity contribution in [3.8, 4) is 11.5 Å². The van der Waals surface area contributed by atoms with Gasteiger partial charge in [-0.25, -0.2) is 4.98 Å². The molecule has 0 aliphatic heterocycles. The number of rotatable bonds is 2. The quantitative estimate of drug-likeness (QED) is 0.501. The Morgan fingerprint density at radius 2 is 1.81 bits per heavy atom. The van der Waals surface area contributed by atoms with Gasteiger partial charge < -0.3 is 4.42 Å². The van der Waals surface area contributed by atoms with Crippen LogP contribution in [-0.2, 0) is 6.42 Å². The van der Waals surface area contributed by atoms with Gasteiger partial charge in [0.15, 0.2) is 5.58 Å². The molecule has 0 aliphatic rings. The third-order valence-corrected chi connectivity index (χ3v) is 3.88. The first-order valence-electron chi connectivity index (χ1n) is 7.23. The summed E-state index contributed by atoms with van der Waals surface area (Å²) in [6.07, 6.45) is 1.01. The van der Waals surface area contributed by atoms with Crippen molar-refractivity contribution in [1.82, 2.24) is 4.98 Å². The fourth-order valence-electron chi connectivity index (χ4n) is 2.72. The van der Waals surface area contributed by atoms with Crippen molar-refractivity contribution < 1.29 is 4.42 Å². The van der Waals surface area contributed by atoms with Crippen LogP contribution in [0.15, 0.2) is 65.1 Å². The maximum Gasteiger partial charge on any atom is 0.227 e. The van der Waals surface area contributed by atoms with E-state index in [4.69, 9.17) is 4.42 Å². The van der Waals surface area contributed by atoms with Gasteiger partial charge in [0.25, 0.3) is 0 Å². The molecule has 0 unspecified atom stereocenters. The van der Waals surface area contributed by atoms with Crippen molar-refractivity contribution >= 4 is 21.9 Å². The monoisotopic (exact) mass is 273 g/mol. The summed E-state index contributed by atoms with van der Waals surface area (Å²) < 4.78 is 5.95. The van der Waals surface area contributed by atoms with Gasteiger partial charge in [-0.15, -0.1) is 0 Å². The summed E-state index contributed by atoms with van der Waals surface area (Å²) in [6, 6.07) is 20.7. The fourth-order valence-corrected chi connectivity index (χ4v) is 2.72. The number of aryl methyl sites for hydroxylation is 1. The van der Waals surface area contributed by atoms with Crippen LogP contribution in [0.25, 0.3) is 33.3 Å². The summed E-state index contributed by atoms with van der Waals surface area (Å²) in [5.41, 5.74) is 4.09. The van der Waals surface area contributed by atoms with Gasteiger partial charge >= 0.3 is 0 Å². The Bertz CT molecular complexity index is 931. The molecule has 102 valence electrons. The lowest BCUT2D eigenvalue weighted by atomic mass is 10.0. The first-order chi connectivity index (χ1) is 10.3. The molecule has 1 heterocycles. The normalized spacial score (nSPS) is 11.3. The molecular formula is C19H15NO. The predicted molar refractivity (Wildman–Crippen MR) is 86.3 cm³/mol. The predicted octanol–water partition coefficient (Wildman–Crippen LogP) is 5.21. The maximum atomic E-state index is 5.95. The molecule has 0 aliphatic carbocycles. The van der Waals surface area contributed by atoms with Gasteiger partial charge in [0.05, 0.1) is 0 Å². The van der Waals surface area contributed by atoms with E-state index in [1.165, 1.54) is 16.3 Å². The molecule has 1 aromatic heterocycles. The lowest BCUT2D eigenvalue weighted by molar-refractivity contribution is 0.620. The fraction of sp³-hybridized carbons (Fsp3) is 0.105. The largest absolute Gasteiger partial charge is 0.436 e. The maximum absolute atomic E-state index is 5.95. The highest BCUT2D eigenvalue weighted by Gasteiger charge is 2.11. The number of fused-ring (bicyclic) bond motifs is 2. The van der Waals surface area contributed by atoms with E-state index < -0.39 is 0 Å². The molecule has 0 saturated carbocycles. The van der Waals surface area contributed by atoms with Crippen LogP contribution in [0.3, 0.4) is 0 Å². The zero-order valence-electron chi connectivity index (χ0n) is 11.8. The van der Waals surface area contributed by atoms with Crippen molar-refractivity contribution in [1.29, 1.82) is 0 Å². The number of hydrogen-bond donors (Lipinski definition) is 0. The molecule has 4 aromatic rings. The molecule has 0 fully saturated rings. The van der Waals surface area contributed by atoms with Gasteiger partial charge in [-0.05, 0) is 41.0 Å². The number of hydrogen-bond acceptors (Lipinski definition) is 2. The zero-order valence-corrected chi connectivity index (χ0v) is 11.8. The molecular weight excluding hydrogens is 258 g/mol. The third-order valence-electron chi connectivity index (χ3n) is 3.88. The molecule has 0 amide bonds. The van der Waals surface area contributed by atoms with Crippen molar-refractivity contribution in [3.05, 3.63) is 66.2 Å². The van der Waals surface area contributed by atoms with Gasteiger partial charge in [0.2, 0.25) is 5.89 Å². The molecule has 0 atom stereocenters. The lowest BCUT2D eigenvalue weighted by Gasteiger charge is -2.01. The highest BCUT2D eigenvalue weighted by molar-refractivity contribution is 5.95. The molecule has 2 nitrogen and oxygen atoms in total. The molecule has 0 N–H and O–H groups in total. The summed E-state index contributed by atoms with van der Waals surface area (Å²) >= 11 is 0. The first-order valence-corrected chi connectivity index (χ1v) is 7.23. The van der Waals surface area contributed by atoms with Gasteiger partial charge in [-0.2, -0.15) is 0 Å². The van der Waals surface area contributed by atoms with Crippen LogP contribution in [0.1, 0.15) is 12.5 Å². The van der Waals surface area contributed by atoms with E-state index in [-0.39, 0.29) is 0 Å². The number of benzene rings is 3. The first kappa shape index (κ1) is 12.2. The minimum atomic E-state index is 0.690. The van der Waals surface area contributed by atoms with Gasteiger partial charge in [-0.1, -0.05) is 49.4 Å². The van der Waals surface area contributed by atoms with Crippen LogP contribution >= 0.6 is 0 Å². The third kappa shape index (κ3) is 2.00. The lowest BCUT2D eigenvalue weighted by Crippen LogP contribution is -1.81. The van der Waals surface area contributed by atoms with Crippen molar-refractivity contribution in [2.75, 3.05) is 0 Å². The minimum absolute atomic E-state index is 0.690. The van der Waals surface area contributed by atoms with E-state index in [0.29, 0.717) is 5.89 Å². The van der Waals surface area contributed by atoms with Crippen molar-refractivity contribution in [2.45, 2.75) is 13.3 Å². The van der Waals surface area contributed by atoms with Crippen LogP contribution in [-0.4, -0.2) is 4.98 Å². The molecule has 0 bridgehead atoms. The summed E-state index contributed by atoms with van der Waals surface area (Å²) in [5.74, 6) is 0.690. The Morgan fingerprint density at radius 1 is 0.952 bits per heavy atom. The molecule has 0 spiro atoms. The standard InChI is InChI=1S/C19H15NO/c1-2-13-10-11-18-17(12-13)20-19(21-18)16-9-5-7-14-6-3-4-8-15(14)16/h3-12H,2H2,1H3. The molecule has 3 aromatic carbocycles. The molecule has 0 radical (unpaired) electrons. The minimum Gasteiger partial charge on any atom is -0.436 e. The summed E-state index contributed by atoms with van der Waals surface area (Å²) in [6.45, 7) is 2.15. The SMILES string of the molecule is CCc1ccc2oc(-c3cccc4ccccc34)nc2c1. The summed E-state index contributed by atoms with van der Waals surface area (Å²) in [7, 11) is 0. The molecule has 4 rings (SSSR count). The van der Waals surface area contributed by atoms with E-state index in [1.807, 2.05) is 24.3 Å².